The van der Waals surface area contributed by atoms with E-state index < -0.39 is 0 Å². The minimum absolute atomic E-state index is 0.514. The van der Waals surface area contributed by atoms with Crippen LogP contribution in [0.15, 0.2) is 24.3 Å². The maximum Gasteiger partial charge on any atom is 0.120 e. The third kappa shape index (κ3) is 2.80. The molecule has 17 heavy (non-hydrogen) atoms. The minimum atomic E-state index is 0.514. The number of aromatic nitrogens is 1. The number of methoxy groups -OCH3 is 1. The maximum absolute atomic E-state index is 5.59. The van der Waals surface area contributed by atoms with Crippen molar-refractivity contribution >= 4 is 10.9 Å². The third-order valence-corrected chi connectivity index (χ3v) is 2.79. The molecule has 0 saturated heterocycles. The number of benzene rings is 1. The van der Waals surface area contributed by atoms with Crippen molar-refractivity contribution in [2.24, 2.45) is 0 Å². The van der Waals surface area contributed by atoms with Gasteiger partial charge in [0.2, 0.25) is 0 Å². The first-order chi connectivity index (χ1) is 8.20. The van der Waals surface area contributed by atoms with Gasteiger partial charge in [0.1, 0.15) is 12.4 Å². The fourth-order valence-corrected chi connectivity index (χ4v) is 1.78. The van der Waals surface area contributed by atoms with Crippen molar-refractivity contribution in [3.8, 4) is 5.75 Å². The van der Waals surface area contributed by atoms with Gasteiger partial charge in [-0.05, 0) is 30.2 Å². The summed E-state index contributed by atoms with van der Waals surface area (Å²) in [5.74, 6) is 1.41. The van der Waals surface area contributed by atoms with Gasteiger partial charge in [-0.1, -0.05) is 13.8 Å². The molecule has 0 aliphatic carbocycles. The normalized spacial score (nSPS) is 11.3. The Hall–Kier alpha value is -1.48. The highest BCUT2D eigenvalue weighted by atomic mass is 16.5. The molecule has 0 aliphatic rings. The van der Waals surface area contributed by atoms with Crippen LogP contribution in [0.2, 0.25) is 0 Å². The maximum atomic E-state index is 5.59. The van der Waals surface area contributed by atoms with Gasteiger partial charge in [0.25, 0.3) is 0 Å². The molecule has 0 spiro atoms. The zero-order valence-corrected chi connectivity index (χ0v) is 10.6. The van der Waals surface area contributed by atoms with Gasteiger partial charge in [-0.3, -0.25) is 0 Å². The van der Waals surface area contributed by atoms with E-state index in [2.05, 4.69) is 37.0 Å². The second kappa shape index (κ2) is 5.23. The number of fused-ring (bicyclic) bond motifs is 1. The van der Waals surface area contributed by atoms with Crippen molar-refractivity contribution in [2.75, 3.05) is 20.3 Å². The van der Waals surface area contributed by atoms with E-state index in [1.54, 1.807) is 7.11 Å². The summed E-state index contributed by atoms with van der Waals surface area (Å²) >= 11 is 0. The van der Waals surface area contributed by atoms with Crippen molar-refractivity contribution in [1.29, 1.82) is 0 Å². The van der Waals surface area contributed by atoms with Gasteiger partial charge in [-0.25, -0.2) is 0 Å². The Morgan fingerprint density at radius 2 is 2.00 bits per heavy atom. The standard InChI is InChI=1S/C14H19NO2/c1-10(2)14-9-11-8-12(17-7-6-16-3)4-5-13(11)15-14/h4-5,8-10,15H,6-7H2,1-3H3. The largest absolute Gasteiger partial charge is 0.491 e. The van der Waals surface area contributed by atoms with Crippen LogP contribution in [0.1, 0.15) is 25.5 Å². The lowest BCUT2D eigenvalue weighted by Crippen LogP contribution is -2.03. The first-order valence-electron chi connectivity index (χ1n) is 5.95. The molecule has 0 bridgehead atoms. The second-order valence-electron chi connectivity index (χ2n) is 4.47. The van der Waals surface area contributed by atoms with Crippen molar-refractivity contribution in [3.63, 3.8) is 0 Å². The van der Waals surface area contributed by atoms with Crippen LogP contribution in [0.25, 0.3) is 10.9 Å². The Morgan fingerprint density at radius 1 is 1.18 bits per heavy atom. The van der Waals surface area contributed by atoms with Gasteiger partial charge >= 0.3 is 0 Å². The number of H-pyrrole nitrogens is 1. The first-order valence-corrected chi connectivity index (χ1v) is 5.95. The SMILES string of the molecule is COCCOc1ccc2[nH]c(C(C)C)cc2c1. The molecule has 0 saturated carbocycles. The van der Waals surface area contributed by atoms with E-state index in [0.717, 1.165) is 11.3 Å². The molecule has 0 aliphatic heterocycles. The number of hydrogen-bond acceptors (Lipinski definition) is 2. The Kier molecular flexibility index (Phi) is 3.69. The van der Waals surface area contributed by atoms with Crippen molar-refractivity contribution in [2.45, 2.75) is 19.8 Å². The van der Waals surface area contributed by atoms with Gasteiger partial charge in [0, 0.05) is 23.7 Å². The number of nitrogens with one attached hydrogen (secondary N) is 1. The molecule has 0 atom stereocenters. The predicted molar refractivity (Wildman–Crippen MR) is 69.8 cm³/mol. The van der Waals surface area contributed by atoms with E-state index in [1.165, 1.54) is 11.1 Å². The van der Waals surface area contributed by atoms with Crippen LogP contribution in [0.4, 0.5) is 0 Å². The highest BCUT2D eigenvalue weighted by Crippen LogP contribution is 2.24. The van der Waals surface area contributed by atoms with E-state index in [4.69, 9.17) is 9.47 Å². The van der Waals surface area contributed by atoms with E-state index in [1.807, 2.05) is 6.07 Å². The summed E-state index contributed by atoms with van der Waals surface area (Å²) in [5, 5.41) is 1.20. The molecule has 3 nitrogen and oxygen atoms in total. The number of hydrogen-bond donors (Lipinski definition) is 1. The smallest absolute Gasteiger partial charge is 0.120 e. The average Bonchev–Trinajstić information content (AvgIpc) is 2.72. The predicted octanol–water partition coefficient (Wildman–Crippen LogP) is 3.32. The van der Waals surface area contributed by atoms with Crippen LogP contribution in [0.5, 0.6) is 5.75 Å². The quantitative estimate of drug-likeness (QED) is 0.804. The van der Waals surface area contributed by atoms with E-state index in [9.17, 15) is 0 Å². The molecule has 0 unspecified atom stereocenters. The molecule has 1 N–H and O–H groups in total. The molecule has 1 heterocycles. The second-order valence-corrected chi connectivity index (χ2v) is 4.47. The molecule has 2 aromatic rings. The van der Waals surface area contributed by atoms with Crippen molar-refractivity contribution in [3.05, 3.63) is 30.0 Å². The Bertz CT molecular complexity index is 488. The molecular formula is C14H19NO2. The van der Waals surface area contributed by atoms with Crippen molar-refractivity contribution < 1.29 is 9.47 Å². The molecule has 1 aromatic carbocycles. The topological polar surface area (TPSA) is 34.2 Å². The van der Waals surface area contributed by atoms with Crippen LogP contribution in [-0.4, -0.2) is 25.3 Å². The number of rotatable bonds is 5. The minimum Gasteiger partial charge on any atom is -0.491 e. The summed E-state index contributed by atoms with van der Waals surface area (Å²) in [5.41, 5.74) is 2.42. The van der Waals surface area contributed by atoms with Crippen LogP contribution in [-0.2, 0) is 4.74 Å². The monoisotopic (exact) mass is 233 g/mol. The Labute approximate surface area is 102 Å². The van der Waals surface area contributed by atoms with E-state index in [0.29, 0.717) is 19.1 Å². The summed E-state index contributed by atoms with van der Waals surface area (Å²) in [4.78, 5) is 3.41. The molecule has 1 aromatic heterocycles. The van der Waals surface area contributed by atoms with Crippen LogP contribution in [0, 0.1) is 0 Å². The van der Waals surface area contributed by atoms with Gasteiger partial charge in [0.15, 0.2) is 0 Å². The highest BCUT2D eigenvalue weighted by molar-refractivity contribution is 5.82. The van der Waals surface area contributed by atoms with Crippen molar-refractivity contribution in [1.82, 2.24) is 4.98 Å². The number of ether oxygens (including phenoxy) is 2. The molecule has 0 amide bonds. The molecule has 2 rings (SSSR count). The molecule has 92 valence electrons. The van der Waals surface area contributed by atoms with Crippen LogP contribution in [0.3, 0.4) is 0 Å². The zero-order valence-electron chi connectivity index (χ0n) is 10.6. The van der Waals surface area contributed by atoms with Gasteiger partial charge in [-0.2, -0.15) is 0 Å². The lowest BCUT2D eigenvalue weighted by Gasteiger charge is -2.04. The molecule has 3 heteroatoms. The first kappa shape index (κ1) is 12.0. The van der Waals surface area contributed by atoms with Gasteiger partial charge in [0.05, 0.1) is 6.61 Å². The average molecular weight is 233 g/mol. The van der Waals surface area contributed by atoms with Gasteiger partial charge < -0.3 is 14.5 Å². The van der Waals surface area contributed by atoms with E-state index in [-0.39, 0.29) is 0 Å². The summed E-state index contributed by atoms with van der Waals surface area (Å²) in [7, 11) is 1.67. The summed E-state index contributed by atoms with van der Waals surface area (Å²) in [6, 6.07) is 8.29. The number of aromatic amines is 1. The molecular weight excluding hydrogens is 214 g/mol. The third-order valence-electron chi connectivity index (χ3n) is 2.79. The lowest BCUT2D eigenvalue weighted by molar-refractivity contribution is 0.146. The highest BCUT2D eigenvalue weighted by Gasteiger charge is 2.05. The van der Waals surface area contributed by atoms with E-state index >= 15 is 0 Å². The summed E-state index contributed by atoms with van der Waals surface area (Å²) in [6.07, 6.45) is 0. The Balaban J connectivity index is 2.18. The van der Waals surface area contributed by atoms with Crippen LogP contribution < -0.4 is 4.74 Å². The van der Waals surface area contributed by atoms with Gasteiger partial charge in [-0.15, -0.1) is 0 Å². The lowest BCUT2D eigenvalue weighted by atomic mass is 10.1. The fourth-order valence-electron chi connectivity index (χ4n) is 1.78. The zero-order chi connectivity index (χ0) is 12.3. The molecule has 0 radical (unpaired) electrons. The fraction of sp³-hybridized carbons (Fsp3) is 0.429. The summed E-state index contributed by atoms with van der Waals surface area (Å²) < 4.78 is 10.5. The summed E-state index contributed by atoms with van der Waals surface area (Å²) in [6.45, 7) is 5.56. The molecule has 0 fully saturated rings. The Morgan fingerprint density at radius 3 is 2.71 bits per heavy atom. The van der Waals surface area contributed by atoms with Crippen LogP contribution >= 0.6 is 0 Å².